The van der Waals surface area contributed by atoms with Gasteiger partial charge in [0.05, 0.1) is 17.5 Å². The van der Waals surface area contributed by atoms with Gasteiger partial charge in [-0.15, -0.1) is 0 Å². The molecule has 1 N–H and O–H groups in total. The van der Waals surface area contributed by atoms with E-state index in [0.717, 1.165) is 17.4 Å². The molecule has 2 amide bonds. The fraction of sp³-hybridized carbons (Fsp3) is 0.385. The van der Waals surface area contributed by atoms with Gasteiger partial charge in [0.1, 0.15) is 5.75 Å². The summed E-state index contributed by atoms with van der Waals surface area (Å²) in [5.74, 6) is -2.18. The number of phenolic OH excluding ortho intramolecular Hbond substituents is 1. The number of phenols is 1. The maximum atomic E-state index is 13.7. The predicted octanol–water partition coefficient (Wildman–Crippen LogP) is 1.82. The van der Waals surface area contributed by atoms with E-state index in [1.165, 1.54) is 12.1 Å². The summed E-state index contributed by atoms with van der Waals surface area (Å²) in [6.07, 6.45) is 2.27. The number of aromatic hydroxyl groups is 1. The lowest BCUT2D eigenvalue weighted by Gasteiger charge is -2.16. The van der Waals surface area contributed by atoms with Crippen molar-refractivity contribution in [1.29, 1.82) is 0 Å². The van der Waals surface area contributed by atoms with Crippen molar-refractivity contribution in [2.75, 3.05) is 4.90 Å². The van der Waals surface area contributed by atoms with Crippen LogP contribution in [0.25, 0.3) is 0 Å². The quantitative estimate of drug-likeness (QED) is 0.772. The maximum absolute atomic E-state index is 13.7. The first-order valence-electron chi connectivity index (χ1n) is 5.96. The molecule has 2 fully saturated rings. The van der Waals surface area contributed by atoms with Gasteiger partial charge in [0.2, 0.25) is 11.8 Å². The lowest BCUT2D eigenvalue weighted by molar-refractivity contribution is -0.122. The molecule has 5 heteroatoms. The molecule has 1 aliphatic carbocycles. The Morgan fingerprint density at radius 3 is 2.33 bits per heavy atom. The van der Waals surface area contributed by atoms with Crippen molar-refractivity contribution in [3.8, 4) is 5.75 Å². The van der Waals surface area contributed by atoms with Gasteiger partial charge in [-0.1, -0.05) is 6.42 Å². The van der Waals surface area contributed by atoms with Crippen LogP contribution in [0, 0.1) is 17.7 Å². The first-order chi connectivity index (χ1) is 8.59. The zero-order valence-corrected chi connectivity index (χ0v) is 9.60. The van der Waals surface area contributed by atoms with E-state index in [4.69, 9.17) is 5.11 Å². The Hall–Kier alpha value is -1.91. The molecule has 1 saturated carbocycles. The molecule has 2 aliphatic rings. The Kier molecular flexibility index (Phi) is 2.36. The average Bonchev–Trinajstić information content (AvgIpc) is 2.87. The van der Waals surface area contributed by atoms with E-state index in [1.807, 2.05) is 0 Å². The molecule has 0 bridgehead atoms. The molecule has 0 radical (unpaired) electrons. The number of rotatable bonds is 1. The number of nitrogens with zero attached hydrogens (tertiary/aromatic N) is 1. The largest absolute Gasteiger partial charge is 0.508 e. The lowest BCUT2D eigenvalue weighted by atomic mass is 10.00. The van der Waals surface area contributed by atoms with E-state index in [0.29, 0.717) is 12.8 Å². The monoisotopic (exact) mass is 249 g/mol. The van der Waals surface area contributed by atoms with E-state index in [2.05, 4.69) is 0 Å². The summed E-state index contributed by atoms with van der Waals surface area (Å²) < 4.78 is 13.7. The summed E-state index contributed by atoms with van der Waals surface area (Å²) in [5.41, 5.74) is -0.0581. The van der Waals surface area contributed by atoms with Crippen LogP contribution in [0.5, 0.6) is 5.75 Å². The van der Waals surface area contributed by atoms with Crippen molar-refractivity contribution in [3.05, 3.63) is 24.0 Å². The molecule has 4 nitrogen and oxygen atoms in total. The number of hydrogen-bond acceptors (Lipinski definition) is 3. The average molecular weight is 249 g/mol. The highest BCUT2D eigenvalue weighted by atomic mass is 19.1. The summed E-state index contributed by atoms with van der Waals surface area (Å²) in [5, 5.41) is 9.15. The molecule has 1 aromatic carbocycles. The zero-order valence-electron chi connectivity index (χ0n) is 9.60. The first kappa shape index (κ1) is 11.2. The molecule has 0 aromatic heterocycles. The zero-order chi connectivity index (χ0) is 12.9. The third kappa shape index (κ3) is 1.43. The van der Waals surface area contributed by atoms with Gasteiger partial charge < -0.3 is 5.11 Å². The smallest absolute Gasteiger partial charge is 0.237 e. The molecule has 18 heavy (non-hydrogen) atoms. The third-order valence-electron chi connectivity index (χ3n) is 3.76. The molecule has 1 saturated heterocycles. The van der Waals surface area contributed by atoms with Crippen molar-refractivity contribution < 1.29 is 19.1 Å². The molecule has 1 heterocycles. The Labute approximate surface area is 103 Å². The SMILES string of the molecule is O=C1C2CCCC2C(=O)N1c1ccc(O)cc1F. The number of carbonyl (C=O) groups excluding carboxylic acids is 2. The minimum absolute atomic E-state index is 0.0581. The highest BCUT2D eigenvalue weighted by Gasteiger charge is 2.50. The van der Waals surface area contributed by atoms with E-state index in [1.54, 1.807) is 0 Å². The number of imide groups is 1. The van der Waals surface area contributed by atoms with Crippen LogP contribution in [0.2, 0.25) is 0 Å². The van der Waals surface area contributed by atoms with Gasteiger partial charge in [-0.05, 0) is 25.0 Å². The number of amides is 2. The number of fused-ring (bicyclic) bond motifs is 1. The molecule has 0 spiro atoms. The van der Waals surface area contributed by atoms with E-state index < -0.39 is 5.82 Å². The van der Waals surface area contributed by atoms with Crippen LogP contribution in [-0.2, 0) is 9.59 Å². The van der Waals surface area contributed by atoms with Crippen LogP contribution >= 0.6 is 0 Å². The molecular formula is C13H12FNO3. The summed E-state index contributed by atoms with van der Waals surface area (Å²) in [7, 11) is 0. The van der Waals surface area contributed by atoms with Gasteiger partial charge in [-0.3, -0.25) is 9.59 Å². The fourth-order valence-corrected chi connectivity index (χ4v) is 2.91. The van der Waals surface area contributed by atoms with Gasteiger partial charge in [0.25, 0.3) is 0 Å². The van der Waals surface area contributed by atoms with Crippen molar-refractivity contribution in [2.45, 2.75) is 19.3 Å². The normalized spacial score (nSPS) is 26.8. The first-order valence-corrected chi connectivity index (χ1v) is 5.96. The van der Waals surface area contributed by atoms with Gasteiger partial charge >= 0.3 is 0 Å². The second-order valence-electron chi connectivity index (χ2n) is 4.79. The van der Waals surface area contributed by atoms with E-state index >= 15 is 0 Å². The van der Waals surface area contributed by atoms with Gasteiger partial charge in [-0.2, -0.15) is 0 Å². The molecule has 2 unspecified atom stereocenters. The van der Waals surface area contributed by atoms with Crippen molar-refractivity contribution in [2.24, 2.45) is 11.8 Å². The van der Waals surface area contributed by atoms with Crippen LogP contribution in [0.4, 0.5) is 10.1 Å². The van der Waals surface area contributed by atoms with Crippen LogP contribution in [0.3, 0.4) is 0 Å². The summed E-state index contributed by atoms with van der Waals surface area (Å²) >= 11 is 0. The second kappa shape index (κ2) is 3.80. The van der Waals surface area contributed by atoms with Crippen molar-refractivity contribution in [1.82, 2.24) is 0 Å². The Morgan fingerprint density at radius 2 is 1.78 bits per heavy atom. The Balaban J connectivity index is 2.02. The van der Waals surface area contributed by atoms with Crippen molar-refractivity contribution >= 4 is 17.5 Å². The number of anilines is 1. The highest BCUT2D eigenvalue weighted by molar-refractivity contribution is 6.22. The minimum atomic E-state index is -0.753. The third-order valence-corrected chi connectivity index (χ3v) is 3.76. The predicted molar refractivity (Wildman–Crippen MR) is 61.4 cm³/mol. The van der Waals surface area contributed by atoms with Crippen LogP contribution in [-0.4, -0.2) is 16.9 Å². The number of halogens is 1. The highest BCUT2D eigenvalue weighted by Crippen LogP contribution is 2.42. The summed E-state index contributed by atoms with van der Waals surface area (Å²) in [6, 6.07) is 3.44. The standard InChI is InChI=1S/C13H12FNO3/c14-10-6-7(16)4-5-11(10)15-12(17)8-2-1-3-9(8)13(15)18/h4-6,8-9,16H,1-3H2. The number of hydrogen-bond donors (Lipinski definition) is 1. The lowest BCUT2D eigenvalue weighted by Crippen LogP contribution is -2.32. The Bertz CT molecular complexity index is 521. The molecular weight excluding hydrogens is 237 g/mol. The van der Waals surface area contributed by atoms with Gasteiger partial charge in [-0.25, -0.2) is 9.29 Å². The molecule has 94 valence electrons. The van der Waals surface area contributed by atoms with E-state index in [-0.39, 0.29) is 35.1 Å². The van der Waals surface area contributed by atoms with Crippen LogP contribution in [0.1, 0.15) is 19.3 Å². The van der Waals surface area contributed by atoms with Crippen LogP contribution < -0.4 is 4.90 Å². The fourth-order valence-electron chi connectivity index (χ4n) is 2.91. The molecule has 2 atom stereocenters. The number of benzene rings is 1. The topological polar surface area (TPSA) is 57.6 Å². The van der Waals surface area contributed by atoms with Crippen LogP contribution in [0.15, 0.2) is 18.2 Å². The molecule has 1 aliphatic heterocycles. The second-order valence-corrected chi connectivity index (χ2v) is 4.79. The number of carbonyl (C=O) groups is 2. The summed E-state index contributed by atoms with van der Waals surface area (Å²) in [4.78, 5) is 25.2. The minimum Gasteiger partial charge on any atom is -0.508 e. The summed E-state index contributed by atoms with van der Waals surface area (Å²) in [6.45, 7) is 0. The Morgan fingerprint density at radius 1 is 1.17 bits per heavy atom. The van der Waals surface area contributed by atoms with E-state index in [9.17, 15) is 14.0 Å². The molecule has 1 aromatic rings. The molecule has 3 rings (SSSR count). The van der Waals surface area contributed by atoms with Gasteiger partial charge in [0.15, 0.2) is 5.82 Å². The van der Waals surface area contributed by atoms with Crippen molar-refractivity contribution in [3.63, 3.8) is 0 Å². The maximum Gasteiger partial charge on any atom is 0.237 e. The van der Waals surface area contributed by atoms with Gasteiger partial charge in [0, 0.05) is 6.07 Å².